The lowest BCUT2D eigenvalue weighted by atomic mass is 9.49. The van der Waals surface area contributed by atoms with E-state index in [9.17, 15) is 19.7 Å². The number of carbonyl (C=O) groups excluding carboxylic acids is 2. The average molecular weight is 388 g/mol. The zero-order valence-corrected chi connectivity index (χ0v) is 15.7. The van der Waals surface area contributed by atoms with Crippen molar-refractivity contribution in [3.8, 4) is 0 Å². The predicted octanol–water partition coefficient (Wildman–Crippen LogP) is 2.36. The van der Waals surface area contributed by atoms with Gasteiger partial charge in [0.1, 0.15) is 11.0 Å². The van der Waals surface area contributed by atoms with Crippen LogP contribution < -0.4 is 10.7 Å². The van der Waals surface area contributed by atoms with E-state index in [0.717, 1.165) is 19.3 Å². The Hall–Kier alpha value is -2.71. The fourth-order valence-corrected chi connectivity index (χ4v) is 5.57. The Morgan fingerprint density at radius 1 is 1.25 bits per heavy atom. The van der Waals surface area contributed by atoms with E-state index in [0.29, 0.717) is 17.8 Å². The van der Waals surface area contributed by atoms with Crippen molar-refractivity contribution in [2.75, 3.05) is 0 Å². The number of amides is 2. The highest BCUT2D eigenvalue weighted by atomic mass is 16.6. The Morgan fingerprint density at radius 3 is 2.39 bits per heavy atom. The maximum atomic E-state index is 13.0. The molecule has 0 spiro atoms. The van der Waals surface area contributed by atoms with Crippen LogP contribution in [-0.2, 0) is 9.59 Å². The van der Waals surface area contributed by atoms with Gasteiger partial charge in [-0.15, -0.1) is 0 Å². The van der Waals surface area contributed by atoms with Gasteiger partial charge < -0.3 is 9.73 Å². The zero-order valence-electron chi connectivity index (χ0n) is 15.7. The van der Waals surface area contributed by atoms with Crippen molar-refractivity contribution in [1.29, 1.82) is 0 Å². The summed E-state index contributed by atoms with van der Waals surface area (Å²) in [5.41, 5.74) is 2.03. The zero-order chi connectivity index (χ0) is 19.9. The molecule has 150 valence electrons. The molecule has 28 heavy (non-hydrogen) atoms. The first-order chi connectivity index (χ1) is 13.3. The van der Waals surface area contributed by atoms with Gasteiger partial charge in [0.15, 0.2) is 5.76 Å². The number of hydrogen-bond acceptors (Lipinski definition) is 6. The summed E-state index contributed by atoms with van der Waals surface area (Å²) in [5.74, 6) is 1.26. The molecule has 5 rings (SSSR count). The molecule has 0 radical (unpaired) electrons. The SMILES string of the molecule is C[C@@H](NC(=O)C12CC3CC(CC(C3)C1)C2)C(=O)N/N=C/c1ccc([N+](=O)[O-])o1. The molecule has 0 saturated heterocycles. The van der Waals surface area contributed by atoms with Crippen molar-refractivity contribution >= 4 is 23.9 Å². The molecular formula is C19H24N4O5. The van der Waals surface area contributed by atoms with E-state index in [1.54, 1.807) is 6.92 Å². The van der Waals surface area contributed by atoms with E-state index < -0.39 is 22.8 Å². The van der Waals surface area contributed by atoms with Gasteiger partial charge in [-0.25, -0.2) is 5.43 Å². The Kier molecular flexibility index (Phi) is 4.68. The third kappa shape index (κ3) is 3.53. The quantitative estimate of drug-likeness (QED) is 0.439. The highest BCUT2D eigenvalue weighted by molar-refractivity contribution is 5.90. The summed E-state index contributed by atoms with van der Waals surface area (Å²) >= 11 is 0. The van der Waals surface area contributed by atoms with Gasteiger partial charge >= 0.3 is 5.88 Å². The molecule has 0 aromatic carbocycles. The van der Waals surface area contributed by atoms with E-state index in [1.165, 1.54) is 37.6 Å². The van der Waals surface area contributed by atoms with Gasteiger partial charge in [0, 0.05) is 5.41 Å². The lowest BCUT2D eigenvalue weighted by Crippen LogP contribution is -2.56. The molecule has 2 amide bonds. The third-order valence-electron chi connectivity index (χ3n) is 6.42. The van der Waals surface area contributed by atoms with Crippen LogP contribution >= 0.6 is 0 Å². The molecule has 4 aliphatic carbocycles. The van der Waals surface area contributed by atoms with Crippen molar-refractivity contribution < 1.29 is 18.9 Å². The molecule has 1 aromatic heterocycles. The second-order valence-electron chi connectivity index (χ2n) is 8.56. The molecule has 4 saturated carbocycles. The average Bonchev–Trinajstić information content (AvgIpc) is 3.09. The first-order valence-electron chi connectivity index (χ1n) is 9.73. The van der Waals surface area contributed by atoms with Crippen LogP contribution in [0.1, 0.15) is 51.2 Å². The molecule has 0 aliphatic heterocycles. The molecule has 4 aliphatic rings. The van der Waals surface area contributed by atoms with Gasteiger partial charge in [-0.3, -0.25) is 19.7 Å². The third-order valence-corrected chi connectivity index (χ3v) is 6.42. The Balaban J connectivity index is 1.31. The summed E-state index contributed by atoms with van der Waals surface area (Å²) in [5, 5.41) is 17.2. The standard InChI is InChI=1S/C19H24N4O5/c1-11(17(24)22-20-10-15-2-3-16(28-15)23(26)27)21-18(25)19-7-12-4-13(8-19)6-14(5-12)9-19/h2-3,10-14H,4-9H2,1H3,(H,21,25)(H,22,24)/b20-10+/t11-,12?,13?,14?,19?/m1/s1. The van der Waals surface area contributed by atoms with Crippen molar-refractivity contribution in [2.24, 2.45) is 28.3 Å². The van der Waals surface area contributed by atoms with Gasteiger partial charge in [0.2, 0.25) is 5.91 Å². The Labute approximate surface area is 162 Å². The minimum absolute atomic E-state index is 0.0140. The number of carbonyl (C=O) groups is 2. The second-order valence-corrected chi connectivity index (χ2v) is 8.56. The van der Waals surface area contributed by atoms with Crippen LogP contribution in [0.2, 0.25) is 0 Å². The summed E-state index contributed by atoms with van der Waals surface area (Å²) in [6, 6.07) is 1.87. The summed E-state index contributed by atoms with van der Waals surface area (Å²) in [6.45, 7) is 1.63. The summed E-state index contributed by atoms with van der Waals surface area (Å²) in [6.07, 6.45) is 7.75. The molecule has 1 aromatic rings. The first-order valence-corrected chi connectivity index (χ1v) is 9.73. The van der Waals surface area contributed by atoms with Gasteiger partial charge in [0.05, 0.1) is 12.3 Å². The van der Waals surface area contributed by atoms with E-state index >= 15 is 0 Å². The normalized spacial score (nSPS) is 31.7. The number of nitrogens with zero attached hydrogens (tertiary/aromatic N) is 2. The maximum absolute atomic E-state index is 13.0. The fourth-order valence-electron chi connectivity index (χ4n) is 5.57. The molecular weight excluding hydrogens is 364 g/mol. The van der Waals surface area contributed by atoms with Crippen molar-refractivity contribution in [3.63, 3.8) is 0 Å². The maximum Gasteiger partial charge on any atom is 0.433 e. The van der Waals surface area contributed by atoms with Crippen LogP contribution in [-0.4, -0.2) is 29.0 Å². The van der Waals surface area contributed by atoms with Crippen molar-refractivity contribution in [3.05, 3.63) is 28.0 Å². The van der Waals surface area contributed by atoms with E-state index in [4.69, 9.17) is 4.42 Å². The summed E-state index contributed by atoms with van der Waals surface area (Å²) in [7, 11) is 0. The van der Waals surface area contributed by atoms with Crippen LogP contribution in [0.5, 0.6) is 0 Å². The van der Waals surface area contributed by atoms with Crippen LogP contribution in [0.4, 0.5) is 5.88 Å². The number of nitro groups is 1. The molecule has 9 nitrogen and oxygen atoms in total. The number of nitrogens with one attached hydrogen (secondary N) is 2. The summed E-state index contributed by atoms with van der Waals surface area (Å²) in [4.78, 5) is 35.1. The molecule has 1 heterocycles. The number of hydrazone groups is 1. The number of hydrogen-bond donors (Lipinski definition) is 2. The van der Waals surface area contributed by atoms with Crippen molar-refractivity contribution in [1.82, 2.24) is 10.7 Å². The molecule has 2 N–H and O–H groups in total. The molecule has 0 unspecified atom stereocenters. The van der Waals surface area contributed by atoms with E-state index in [2.05, 4.69) is 15.8 Å². The highest BCUT2D eigenvalue weighted by Gasteiger charge is 2.54. The predicted molar refractivity (Wildman–Crippen MR) is 99.3 cm³/mol. The largest absolute Gasteiger partial charge is 0.433 e. The van der Waals surface area contributed by atoms with Crippen LogP contribution in [0.25, 0.3) is 0 Å². The van der Waals surface area contributed by atoms with Crippen molar-refractivity contribution in [2.45, 2.75) is 51.5 Å². The molecule has 4 bridgehead atoms. The van der Waals surface area contributed by atoms with E-state index in [-0.39, 0.29) is 17.1 Å². The minimum Gasteiger partial charge on any atom is -0.400 e. The molecule has 9 heteroatoms. The first kappa shape index (κ1) is 18.6. The Morgan fingerprint density at radius 2 is 1.86 bits per heavy atom. The number of rotatable bonds is 6. The minimum atomic E-state index is -0.719. The van der Waals surface area contributed by atoms with E-state index in [1.807, 2.05) is 0 Å². The van der Waals surface area contributed by atoms with Gasteiger partial charge in [-0.1, -0.05) is 0 Å². The Bertz CT molecular complexity index is 795. The lowest BCUT2D eigenvalue weighted by Gasteiger charge is -2.55. The van der Waals surface area contributed by atoms with Gasteiger partial charge in [0.25, 0.3) is 5.91 Å². The summed E-state index contributed by atoms with van der Waals surface area (Å²) < 4.78 is 4.92. The topological polar surface area (TPSA) is 127 Å². The fraction of sp³-hybridized carbons (Fsp3) is 0.632. The van der Waals surface area contributed by atoms with Crippen LogP contribution in [0, 0.1) is 33.3 Å². The smallest absolute Gasteiger partial charge is 0.400 e. The number of furan rings is 1. The van der Waals surface area contributed by atoms with Crippen LogP contribution in [0.15, 0.2) is 21.7 Å². The van der Waals surface area contributed by atoms with Gasteiger partial charge in [-0.2, -0.15) is 5.10 Å². The highest BCUT2D eigenvalue weighted by Crippen LogP contribution is 2.60. The lowest BCUT2D eigenvalue weighted by molar-refractivity contribution is -0.402. The molecule has 4 fully saturated rings. The van der Waals surface area contributed by atoms with Crippen LogP contribution in [0.3, 0.4) is 0 Å². The second kappa shape index (κ2) is 7.03. The molecule has 1 atom stereocenters. The monoisotopic (exact) mass is 388 g/mol. The van der Waals surface area contributed by atoms with Gasteiger partial charge in [-0.05, 0) is 69.3 Å².